The Kier molecular flexibility index (Phi) is 6.79. The highest BCUT2D eigenvalue weighted by atomic mass is 35.5. The summed E-state index contributed by atoms with van der Waals surface area (Å²) in [6, 6.07) is -0.384. The van der Waals surface area contributed by atoms with E-state index in [0.717, 1.165) is 0 Å². The molecule has 1 aliphatic rings. The monoisotopic (exact) mass is 331 g/mol. The minimum Gasteiger partial charge on any atom is -0.375 e. The third-order valence-corrected chi connectivity index (χ3v) is 3.30. The van der Waals surface area contributed by atoms with E-state index in [1.165, 1.54) is 15.8 Å². The summed E-state index contributed by atoms with van der Waals surface area (Å²) in [5.74, 6) is -0.229. The third-order valence-electron chi connectivity index (χ3n) is 3.30. The summed E-state index contributed by atoms with van der Waals surface area (Å²) in [4.78, 5) is 25.2. The number of nitrogens with zero attached hydrogens (tertiary/aromatic N) is 3. The van der Waals surface area contributed by atoms with E-state index in [2.05, 4.69) is 15.7 Å². The number of anilines is 1. The fourth-order valence-electron chi connectivity index (χ4n) is 2.04. The molecule has 2 amide bonds. The van der Waals surface area contributed by atoms with Crippen LogP contribution in [0, 0.1) is 0 Å². The van der Waals surface area contributed by atoms with Crippen molar-refractivity contribution in [1.82, 2.24) is 20.0 Å². The van der Waals surface area contributed by atoms with Gasteiger partial charge in [-0.2, -0.15) is 5.10 Å². The van der Waals surface area contributed by atoms with Gasteiger partial charge in [-0.1, -0.05) is 0 Å². The first-order valence-electron chi connectivity index (χ1n) is 6.86. The van der Waals surface area contributed by atoms with E-state index >= 15 is 0 Å². The van der Waals surface area contributed by atoms with Crippen molar-refractivity contribution in [2.75, 3.05) is 32.6 Å². The molecule has 0 radical (unpaired) electrons. The molecule has 1 aromatic heterocycles. The van der Waals surface area contributed by atoms with Gasteiger partial charge in [0.15, 0.2) is 0 Å². The summed E-state index contributed by atoms with van der Waals surface area (Å²) in [5.41, 5.74) is 0.561. The van der Waals surface area contributed by atoms with Gasteiger partial charge in [-0.05, 0) is 6.92 Å². The van der Waals surface area contributed by atoms with E-state index in [0.29, 0.717) is 18.8 Å². The van der Waals surface area contributed by atoms with Crippen LogP contribution in [0.25, 0.3) is 0 Å². The summed E-state index contributed by atoms with van der Waals surface area (Å²) < 4.78 is 6.93. The van der Waals surface area contributed by atoms with Crippen molar-refractivity contribution in [3.05, 3.63) is 12.4 Å². The molecule has 9 heteroatoms. The SMILES string of the molecule is C[C@H]1OCCN[C@@H]1C(=O)Nc1cnn(CC(=O)N(C)C)c1.Cl. The van der Waals surface area contributed by atoms with Crippen LogP contribution in [0.15, 0.2) is 12.4 Å². The Hall–Kier alpha value is -1.64. The zero-order valence-electron chi connectivity index (χ0n) is 12.9. The van der Waals surface area contributed by atoms with Crippen LogP contribution in [0.2, 0.25) is 0 Å². The van der Waals surface area contributed by atoms with Crippen LogP contribution in [0.1, 0.15) is 6.92 Å². The molecule has 0 aromatic carbocycles. The molecule has 2 heterocycles. The smallest absolute Gasteiger partial charge is 0.244 e. The standard InChI is InChI=1S/C13H21N5O3.ClH/c1-9-12(14-4-5-21-9)13(20)16-10-6-15-18(7-10)8-11(19)17(2)3;/h6-7,9,12,14H,4-5,8H2,1-3H3,(H,16,20);1H/t9-,12+;/m1./s1. The van der Waals surface area contributed by atoms with Crippen molar-refractivity contribution in [3.8, 4) is 0 Å². The zero-order chi connectivity index (χ0) is 15.4. The fourth-order valence-corrected chi connectivity index (χ4v) is 2.04. The largest absolute Gasteiger partial charge is 0.375 e. The highest BCUT2D eigenvalue weighted by Gasteiger charge is 2.28. The maximum atomic E-state index is 12.2. The number of hydrogen-bond acceptors (Lipinski definition) is 5. The average Bonchev–Trinajstić information content (AvgIpc) is 2.86. The second-order valence-corrected chi connectivity index (χ2v) is 5.21. The molecule has 0 bridgehead atoms. The summed E-state index contributed by atoms with van der Waals surface area (Å²) in [5, 5.41) is 9.95. The number of carbonyl (C=O) groups is 2. The molecule has 0 unspecified atom stereocenters. The lowest BCUT2D eigenvalue weighted by molar-refractivity contribution is -0.129. The van der Waals surface area contributed by atoms with Crippen LogP contribution < -0.4 is 10.6 Å². The molecular formula is C13H22ClN5O3. The molecule has 2 rings (SSSR count). The minimum atomic E-state index is -0.384. The third kappa shape index (κ3) is 4.69. The first-order chi connectivity index (χ1) is 9.97. The van der Waals surface area contributed by atoms with Gasteiger partial charge in [-0.15, -0.1) is 12.4 Å². The lowest BCUT2D eigenvalue weighted by Gasteiger charge is -2.29. The van der Waals surface area contributed by atoms with Gasteiger partial charge in [0.25, 0.3) is 0 Å². The van der Waals surface area contributed by atoms with Crippen molar-refractivity contribution in [1.29, 1.82) is 0 Å². The van der Waals surface area contributed by atoms with E-state index in [4.69, 9.17) is 4.74 Å². The van der Waals surface area contributed by atoms with Crippen LogP contribution >= 0.6 is 12.4 Å². The van der Waals surface area contributed by atoms with E-state index < -0.39 is 0 Å². The number of amides is 2. The molecule has 2 N–H and O–H groups in total. The molecule has 1 aliphatic heterocycles. The number of rotatable bonds is 4. The van der Waals surface area contributed by atoms with Crippen LogP contribution in [0.4, 0.5) is 5.69 Å². The predicted molar refractivity (Wildman–Crippen MR) is 84.0 cm³/mol. The van der Waals surface area contributed by atoms with Crippen molar-refractivity contribution in [2.24, 2.45) is 0 Å². The number of halogens is 1. The summed E-state index contributed by atoms with van der Waals surface area (Å²) in [6.45, 7) is 3.26. The number of nitrogens with one attached hydrogen (secondary N) is 2. The minimum absolute atomic E-state index is 0. The first-order valence-corrected chi connectivity index (χ1v) is 6.86. The predicted octanol–water partition coefficient (Wildman–Crippen LogP) is -0.291. The molecule has 124 valence electrons. The van der Waals surface area contributed by atoms with Crippen LogP contribution in [-0.4, -0.2) is 65.9 Å². The number of ether oxygens (including phenoxy) is 1. The molecule has 0 saturated carbocycles. The number of morpholine rings is 1. The zero-order valence-corrected chi connectivity index (χ0v) is 13.7. The number of aromatic nitrogens is 2. The lowest BCUT2D eigenvalue weighted by atomic mass is 10.1. The molecular weight excluding hydrogens is 310 g/mol. The second kappa shape index (κ2) is 8.11. The van der Waals surface area contributed by atoms with E-state index in [1.807, 2.05) is 6.92 Å². The Labute approximate surface area is 135 Å². The Morgan fingerprint density at radius 2 is 2.27 bits per heavy atom. The van der Waals surface area contributed by atoms with Gasteiger partial charge in [0.1, 0.15) is 12.6 Å². The van der Waals surface area contributed by atoms with Gasteiger partial charge in [0, 0.05) is 26.8 Å². The lowest BCUT2D eigenvalue weighted by Crippen LogP contribution is -2.53. The number of hydrogen-bond donors (Lipinski definition) is 2. The van der Waals surface area contributed by atoms with Crippen LogP contribution in [0.3, 0.4) is 0 Å². The molecule has 22 heavy (non-hydrogen) atoms. The van der Waals surface area contributed by atoms with Crippen molar-refractivity contribution >= 4 is 29.9 Å². The van der Waals surface area contributed by atoms with Gasteiger partial charge in [0.05, 0.1) is 24.6 Å². The van der Waals surface area contributed by atoms with Gasteiger partial charge in [-0.25, -0.2) is 0 Å². The van der Waals surface area contributed by atoms with Crippen LogP contribution in [0.5, 0.6) is 0 Å². The average molecular weight is 332 g/mol. The molecule has 0 spiro atoms. The summed E-state index contributed by atoms with van der Waals surface area (Å²) in [6.07, 6.45) is 2.98. The Morgan fingerprint density at radius 1 is 1.55 bits per heavy atom. The van der Waals surface area contributed by atoms with Crippen molar-refractivity contribution in [2.45, 2.75) is 25.6 Å². The normalized spacial score (nSPS) is 20.9. The Balaban J connectivity index is 0.00000242. The van der Waals surface area contributed by atoms with E-state index in [1.54, 1.807) is 20.3 Å². The van der Waals surface area contributed by atoms with Crippen LogP contribution in [-0.2, 0) is 20.9 Å². The molecule has 1 aromatic rings. The maximum absolute atomic E-state index is 12.2. The number of likely N-dealkylation sites (N-methyl/N-ethyl adjacent to an activating group) is 1. The number of carbonyl (C=O) groups excluding carboxylic acids is 2. The fraction of sp³-hybridized carbons (Fsp3) is 0.615. The molecule has 1 fully saturated rings. The summed E-state index contributed by atoms with van der Waals surface area (Å²) >= 11 is 0. The van der Waals surface area contributed by atoms with Gasteiger partial charge >= 0.3 is 0 Å². The maximum Gasteiger partial charge on any atom is 0.244 e. The highest BCUT2D eigenvalue weighted by Crippen LogP contribution is 2.10. The van der Waals surface area contributed by atoms with Crippen molar-refractivity contribution in [3.63, 3.8) is 0 Å². The quantitative estimate of drug-likeness (QED) is 0.791. The first kappa shape index (κ1) is 18.4. The second-order valence-electron chi connectivity index (χ2n) is 5.21. The van der Waals surface area contributed by atoms with E-state index in [9.17, 15) is 9.59 Å². The van der Waals surface area contributed by atoms with Gasteiger partial charge in [0.2, 0.25) is 11.8 Å². The highest BCUT2D eigenvalue weighted by molar-refractivity contribution is 5.95. The Morgan fingerprint density at radius 3 is 2.91 bits per heavy atom. The topological polar surface area (TPSA) is 88.5 Å². The van der Waals surface area contributed by atoms with Crippen molar-refractivity contribution < 1.29 is 14.3 Å². The molecule has 0 aliphatic carbocycles. The molecule has 2 atom stereocenters. The Bertz CT molecular complexity index is 520. The molecule has 1 saturated heterocycles. The van der Waals surface area contributed by atoms with E-state index in [-0.39, 0.29) is 42.9 Å². The van der Waals surface area contributed by atoms with Gasteiger partial charge in [-0.3, -0.25) is 14.3 Å². The van der Waals surface area contributed by atoms with Gasteiger partial charge < -0.3 is 20.3 Å². The summed E-state index contributed by atoms with van der Waals surface area (Å²) in [7, 11) is 3.37. The molecule has 8 nitrogen and oxygen atoms in total.